The van der Waals surface area contributed by atoms with E-state index >= 15 is 0 Å². The van der Waals surface area contributed by atoms with Gasteiger partial charge in [0.15, 0.2) is 6.61 Å². The Balaban J connectivity index is 1.62. The Labute approximate surface area is 111 Å². The fourth-order valence-electron chi connectivity index (χ4n) is 2.33. The van der Waals surface area contributed by atoms with Gasteiger partial charge in [-0.2, -0.15) is 4.80 Å². The molecule has 1 aliphatic rings. The summed E-state index contributed by atoms with van der Waals surface area (Å²) in [5.74, 6) is 1.45. The number of ether oxygens (including phenoxy) is 1. The van der Waals surface area contributed by atoms with Crippen LogP contribution in [0.2, 0.25) is 0 Å². The van der Waals surface area contributed by atoms with E-state index in [1.54, 1.807) is 0 Å². The number of benzene rings is 1. The van der Waals surface area contributed by atoms with E-state index in [2.05, 4.69) is 27.5 Å². The molecule has 1 aromatic carbocycles. The van der Waals surface area contributed by atoms with Crippen LogP contribution < -0.4 is 10.5 Å². The quantitative estimate of drug-likeness (QED) is 0.855. The molecule has 0 spiro atoms. The van der Waals surface area contributed by atoms with Crippen molar-refractivity contribution in [3.63, 3.8) is 0 Å². The van der Waals surface area contributed by atoms with E-state index in [0.717, 1.165) is 12.2 Å². The molecule has 1 heterocycles. The number of aromatic nitrogens is 4. The second-order valence-electron chi connectivity index (χ2n) is 4.66. The minimum atomic E-state index is 0.337. The highest BCUT2D eigenvalue weighted by atomic mass is 16.5. The van der Waals surface area contributed by atoms with Crippen molar-refractivity contribution in [2.45, 2.75) is 32.4 Å². The summed E-state index contributed by atoms with van der Waals surface area (Å²) in [6.07, 6.45) is 3.58. The van der Waals surface area contributed by atoms with Gasteiger partial charge < -0.3 is 10.5 Å². The molecule has 0 radical (unpaired) electrons. The van der Waals surface area contributed by atoms with Crippen molar-refractivity contribution < 1.29 is 4.74 Å². The van der Waals surface area contributed by atoms with Crippen LogP contribution in [0.3, 0.4) is 0 Å². The zero-order chi connectivity index (χ0) is 13.1. The summed E-state index contributed by atoms with van der Waals surface area (Å²) in [4.78, 5) is 1.49. The maximum absolute atomic E-state index is 5.70. The minimum Gasteiger partial charge on any atom is -0.485 e. The number of tetrazole rings is 1. The van der Waals surface area contributed by atoms with Crippen molar-refractivity contribution in [2.75, 3.05) is 6.54 Å². The Bertz CT molecular complexity index is 566. The fourth-order valence-corrected chi connectivity index (χ4v) is 2.33. The van der Waals surface area contributed by atoms with Gasteiger partial charge in [0, 0.05) is 6.54 Å². The smallest absolute Gasteiger partial charge is 0.212 e. The summed E-state index contributed by atoms with van der Waals surface area (Å²) in [7, 11) is 0. The minimum absolute atomic E-state index is 0.337. The molecule has 1 aromatic heterocycles. The molecule has 3 rings (SSSR count). The van der Waals surface area contributed by atoms with Crippen molar-refractivity contribution in [2.24, 2.45) is 5.73 Å². The van der Waals surface area contributed by atoms with Crippen molar-refractivity contribution in [3.8, 4) is 5.75 Å². The molecule has 0 atom stereocenters. The van der Waals surface area contributed by atoms with Gasteiger partial charge in [0.1, 0.15) is 5.75 Å². The van der Waals surface area contributed by atoms with Crippen LogP contribution in [-0.4, -0.2) is 26.8 Å². The maximum Gasteiger partial charge on any atom is 0.212 e. The number of fused-ring (bicyclic) bond motifs is 1. The normalized spacial score (nSPS) is 13.5. The summed E-state index contributed by atoms with van der Waals surface area (Å²) < 4.78 is 5.70. The zero-order valence-electron chi connectivity index (χ0n) is 10.7. The van der Waals surface area contributed by atoms with Crippen molar-refractivity contribution in [1.82, 2.24) is 20.2 Å². The summed E-state index contributed by atoms with van der Waals surface area (Å²) in [6, 6.07) is 6.28. The first-order valence-corrected chi connectivity index (χ1v) is 6.56. The molecule has 0 saturated carbocycles. The van der Waals surface area contributed by atoms with Gasteiger partial charge in [0.2, 0.25) is 5.82 Å². The third kappa shape index (κ3) is 2.73. The number of aryl methyl sites for hydroxylation is 2. The van der Waals surface area contributed by atoms with Crippen molar-refractivity contribution in [3.05, 3.63) is 35.2 Å². The van der Waals surface area contributed by atoms with Gasteiger partial charge in [-0.1, -0.05) is 6.07 Å². The first-order chi connectivity index (χ1) is 9.35. The standard InChI is InChI=1S/C13H17N5O/c14-6-7-18-16-13(15-17-18)9-19-12-5-4-10-2-1-3-11(10)8-12/h4-5,8H,1-3,6-7,9,14H2. The zero-order valence-corrected chi connectivity index (χ0v) is 10.7. The topological polar surface area (TPSA) is 78.9 Å². The maximum atomic E-state index is 5.70. The second kappa shape index (κ2) is 5.36. The van der Waals surface area contributed by atoms with E-state index in [0.29, 0.717) is 25.5 Å². The second-order valence-corrected chi connectivity index (χ2v) is 4.66. The molecule has 100 valence electrons. The molecule has 0 aliphatic heterocycles. The van der Waals surface area contributed by atoms with Crippen LogP contribution in [-0.2, 0) is 26.0 Å². The number of hydrogen-bond donors (Lipinski definition) is 1. The monoisotopic (exact) mass is 259 g/mol. The molecule has 0 bridgehead atoms. The van der Waals surface area contributed by atoms with E-state index in [-0.39, 0.29) is 0 Å². The van der Waals surface area contributed by atoms with Gasteiger partial charge in [-0.05, 0) is 47.7 Å². The van der Waals surface area contributed by atoms with Crippen LogP contribution in [0.4, 0.5) is 0 Å². The van der Waals surface area contributed by atoms with Gasteiger partial charge in [0.25, 0.3) is 0 Å². The van der Waals surface area contributed by atoms with Crippen LogP contribution in [0, 0.1) is 0 Å². The van der Waals surface area contributed by atoms with E-state index in [1.807, 2.05) is 6.07 Å². The Hall–Kier alpha value is -1.95. The molecule has 2 aromatic rings. The van der Waals surface area contributed by atoms with Crippen LogP contribution >= 0.6 is 0 Å². The molecule has 2 N–H and O–H groups in total. The van der Waals surface area contributed by atoms with Gasteiger partial charge in [-0.15, -0.1) is 10.2 Å². The number of nitrogens with two attached hydrogens (primary N) is 1. The van der Waals surface area contributed by atoms with Gasteiger partial charge >= 0.3 is 0 Å². The Kier molecular flexibility index (Phi) is 3.41. The van der Waals surface area contributed by atoms with Gasteiger partial charge in [-0.3, -0.25) is 0 Å². The Morgan fingerprint density at radius 3 is 3.05 bits per heavy atom. The first-order valence-electron chi connectivity index (χ1n) is 6.56. The van der Waals surface area contributed by atoms with Crippen LogP contribution in [0.1, 0.15) is 23.4 Å². The molecule has 0 amide bonds. The highest BCUT2D eigenvalue weighted by Crippen LogP contribution is 2.26. The number of hydrogen-bond acceptors (Lipinski definition) is 5. The van der Waals surface area contributed by atoms with E-state index in [4.69, 9.17) is 10.5 Å². The van der Waals surface area contributed by atoms with Gasteiger partial charge in [-0.25, -0.2) is 0 Å². The Morgan fingerprint density at radius 1 is 1.26 bits per heavy atom. The molecule has 1 aliphatic carbocycles. The van der Waals surface area contributed by atoms with Crippen LogP contribution in [0.5, 0.6) is 5.75 Å². The first kappa shape index (κ1) is 12.1. The van der Waals surface area contributed by atoms with Gasteiger partial charge in [0.05, 0.1) is 6.54 Å². The van der Waals surface area contributed by atoms with Crippen molar-refractivity contribution in [1.29, 1.82) is 0 Å². The predicted octanol–water partition coefficient (Wildman–Crippen LogP) is 0.699. The Morgan fingerprint density at radius 2 is 2.16 bits per heavy atom. The van der Waals surface area contributed by atoms with E-state index in [1.165, 1.54) is 28.8 Å². The molecule has 0 unspecified atom stereocenters. The van der Waals surface area contributed by atoms with Crippen LogP contribution in [0.15, 0.2) is 18.2 Å². The predicted molar refractivity (Wildman–Crippen MR) is 69.7 cm³/mol. The average Bonchev–Trinajstić information content (AvgIpc) is 3.04. The summed E-state index contributed by atoms with van der Waals surface area (Å²) in [6.45, 7) is 1.41. The molecule has 0 fully saturated rings. The SMILES string of the molecule is NCCn1nnc(COc2ccc3c(c2)CCC3)n1. The lowest BCUT2D eigenvalue weighted by Crippen LogP contribution is -2.12. The highest BCUT2D eigenvalue weighted by molar-refractivity contribution is 5.38. The molecule has 6 heteroatoms. The summed E-state index contributed by atoms with van der Waals surface area (Å²) in [5.41, 5.74) is 8.27. The fraction of sp³-hybridized carbons (Fsp3) is 0.462. The lowest BCUT2D eigenvalue weighted by Gasteiger charge is -2.05. The third-order valence-electron chi connectivity index (χ3n) is 3.26. The van der Waals surface area contributed by atoms with Crippen molar-refractivity contribution >= 4 is 0 Å². The third-order valence-corrected chi connectivity index (χ3v) is 3.26. The molecule has 0 saturated heterocycles. The van der Waals surface area contributed by atoms with E-state index in [9.17, 15) is 0 Å². The largest absolute Gasteiger partial charge is 0.485 e. The molecule has 19 heavy (non-hydrogen) atoms. The summed E-state index contributed by atoms with van der Waals surface area (Å²) in [5, 5.41) is 12.0. The molecule has 6 nitrogen and oxygen atoms in total. The lowest BCUT2D eigenvalue weighted by molar-refractivity contribution is 0.294. The number of rotatable bonds is 5. The van der Waals surface area contributed by atoms with E-state index < -0.39 is 0 Å². The number of nitrogens with zero attached hydrogens (tertiary/aromatic N) is 4. The summed E-state index contributed by atoms with van der Waals surface area (Å²) >= 11 is 0. The highest BCUT2D eigenvalue weighted by Gasteiger charge is 2.11. The molecular formula is C13H17N5O. The lowest BCUT2D eigenvalue weighted by atomic mass is 10.1. The average molecular weight is 259 g/mol. The van der Waals surface area contributed by atoms with Crippen LogP contribution in [0.25, 0.3) is 0 Å². The molecular weight excluding hydrogens is 242 g/mol.